The quantitative estimate of drug-likeness (QED) is 0.843. The molecule has 0 bridgehead atoms. The minimum absolute atomic E-state index is 0.00417. The average molecular weight is 269 g/mol. The van der Waals surface area contributed by atoms with Gasteiger partial charge in [-0.25, -0.2) is 13.6 Å². The number of nitrogens with two attached hydrogens (primary N) is 1. The van der Waals surface area contributed by atoms with Crippen molar-refractivity contribution in [3.05, 3.63) is 35.2 Å². The molecule has 1 aromatic heterocycles. The summed E-state index contributed by atoms with van der Waals surface area (Å²) in [6.45, 7) is 0.0144. The number of halogens is 2. The van der Waals surface area contributed by atoms with Gasteiger partial charge in [-0.2, -0.15) is 4.98 Å². The van der Waals surface area contributed by atoms with E-state index in [4.69, 9.17) is 10.3 Å². The Labute approximate surface area is 106 Å². The first kappa shape index (κ1) is 13.1. The molecule has 0 amide bonds. The van der Waals surface area contributed by atoms with Crippen molar-refractivity contribution in [3.8, 4) is 11.4 Å². The molecule has 0 spiro atoms. The van der Waals surface area contributed by atoms with Crippen LogP contribution in [0.25, 0.3) is 11.4 Å². The van der Waals surface area contributed by atoms with Gasteiger partial charge < -0.3 is 15.0 Å². The van der Waals surface area contributed by atoms with Crippen LogP contribution < -0.4 is 5.73 Å². The molecule has 0 unspecified atom stereocenters. The van der Waals surface area contributed by atoms with E-state index in [1.54, 1.807) is 0 Å². The second-order valence-electron chi connectivity index (χ2n) is 3.53. The molecule has 2 rings (SSSR count). The zero-order valence-corrected chi connectivity index (χ0v) is 9.81. The maximum atomic E-state index is 13.4. The molecular formula is C11H9F2N3O3. The van der Waals surface area contributed by atoms with E-state index in [2.05, 4.69) is 14.9 Å². The molecule has 0 saturated carbocycles. The summed E-state index contributed by atoms with van der Waals surface area (Å²) in [5.41, 5.74) is 4.83. The summed E-state index contributed by atoms with van der Waals surface area (Å²) in [4.78, 5) is 15.2. The number of rotatable bonds is 3. The van der Waals surface area contributed by atoms with Gasteiger partial charge in [0.1, 0.15) is 0 Å². The van der Waals surface area contributed by atoms with Crippen LogP contribution in [0.1, 0.15) is 16.2 Å². The standard InChI is InChI=1S/C11H9F2N3O3/c1-18-11(17)6-2-5(3-7(12)9(6)13)10-15-8(4-14)19-16-10/h2-3H,4,14H2,1H3. The van der Waals surface area contributed by atoms with Gasteiger partial charge in [0.25, 0.3) is 0 Å². The Morgan fingerprint density at radius 2 is 2.21 bits per heavy atom. The predicted molar refractivity (Wildman–Crippen MR) is 58.9 cm³/mol. The Kier molecular flexibility index (Phi) is 3.52. The Balaban J connectivity index is 2.52. The molecular weight excluding hydrogens is 260 g/mol. The normalized spacial score (nSPS) is 10.5. The molecule has 6 nitrogen and oxygen atoms in total. The lowest BCUT2D eigenvalue weighted by Crippen LogP contribution is -2.07. The van der Waals surface area contributed by atoms with Crippen LogP contribution in [0.3, 0.4) is 0 Å². The number of carbonyl (C=O) groups excluding carboxylic acids is 1. The summed E-state index contributed by atoms with van der Waals surface area (Å²) in [5.74, 6) is -3.36. The zero-order valence-electron chi connectivity index (χ0n) is 9.81. The first-order valence-electron chi connectivity index (χ1n) is 5.17. The Morgan fingerprint density at radius 3 is 2.79 bits per heavy atom. The number of aromatic nitrogens is 2. The second-order valence-corrected chi connectivity index (χ2v) is 3.53. The number of hydrogen-bond acceptors (Lipinski definition) is 6. The highest BCUT2D eigenvalue weighted by atomic mass is 19.2. The van der Waals surface area contributed by atoms with E-state index in [0.29, 0.717) is 0 Å². The minimum Gasteiger partial charge on any atom is -0.465 e. The van der Waals surface area contributed by atoms with Gasteiger partial charge in [-0.1, -0.05) is 5.16 Å². The lowest BCUT2D eigenvalue weighted by molar-refractivity contribution is 0.0594. The van der Waals surface area contributed by atoms with Gasteiger partial charge in [-0.3, -0.25) is 0 Å². The van der Waals surface area contributed by atoms with Crippen molar-refractivity contribution in [2.24, 2.45) is 5.73 Å². The van der Waals surface area contributed by atoms with Crippen LogP contribution in [0.2, 0.25) is 0 Å². The van der Waals surface area contributed by atoms with Crippen molar-refractivity contribution in [2.45, 2.75) is 6.54 Å². The summed E-state index contributed by atoms with van der Waals surface area (Å²) in [7, 11) is 1.06. The topological polar surface area (TPSA) is 91.2 Å². The minimum atomic E-state index is -1.29. The molecule has 0 radical (unpaired) electrons. The molecule has 0 aliphatic rings. The molecule has 0 saturated heterocycles. The second kappa shape index (κ2) is 5.11. The van der Waals surface area contributed by atoms with Crippen LogP contribution in [-0.2, 0) is 11.3 Å². The molecule has 8 heteroatoms. The maximum absolute atomic E-state index is 13.4. The van der Waals surface area contributed by atoms with Gasteiger partial charge in [0, 0.05) is 5.56 Å². The van der Waals surface area contributed by atoms with Crippen LogP contribution in [0.4, 0.5) is 8.78 Å². The van der Waals surface area contributed by atoms with Crippen LogP contribution in [0, 0.1) is 11.6 Å². The lowest BCUT2D eigenvalue weighted by Gasteiger charge is -2.04. The zero-order chi connectivity index (χ0) is 14.0. The fourth-order valence-corrected chi connectivity index (χ4v) is 1.43. The monoisotopic (exact) mass is 269 g/mol. The Morgan fingerprint density at radius 1 is 1.47 bits per heavy atom. The molecule has 19 heavy (non-hydrogen) atoms. The summed E-state index contributed by atoms with van der Waals surface area (Å²) in [6.07, 6.45) is 0. The number of esters is 1. The molecule has 0 fully saturated rings. The third-order valence-electron chi connectivity index (χ3n) is 2.33. The lowest BCUT2D eigenvalue weighted by atomic mass is 10.1. The van der Waals surface area contributed by atoms with E-state index in [1.807, 2.05) is 0 Å². The Bertz CT molecular complexity index is 628. The average Bonchev–Trinajstić information content (AvgIpc) is 2.89. The highest BCUT2D eigenvalue weighted by molar-refractivity contribution is 5.91. The summed E-state index contributed by atoms with van der Waals surface area (Å²) in [5, 5.41) is 3.55. The number of ether oxygens (including phenoxy) is 1. The number of hydrogen-bond donors (Lipinski definition) is 1. The van der Waals surface area contributed by atoms with Gasteiger partial charge >= 0.3 is 5.97 Å². The fraction of sp³-hybridized carbons (Fsp3) is 0.182. The number of methoxy groups -OCH3 is 1. The SMILES string of the molecule is COC(=O)c1cc(-c2noc(CN)n2)cc(F)c1F. The van der Waals surface area contributed by atoms with Crippen molar-refractivity contribution in [1.29, 1.82) is 0 Å². The van der Waals surface area contributed by atoms with Gasteiger partial charge in [0.05, 0.1) is 19.2 Å². The molecule has 2 aromatic rings. The molecule has 0 aliphatic heterocycles. The predicted octanol–water partition coefficient (Wildman–Crippen LogP) is 1.26. The van der Waals surface area contributed by atoms with E-state index >= 15 is 0 Å². The summed E-state index contributed by atoms with van der Waals surface area (Å²) >= 11 is 0. The largest absolute Gasteiger partial charge is 0.465 e. The van der Waals surface area contributed by atoms with Crippen LogP contribution in [-0.4, -0.2) is 23.2 Å². The van der Waals surface area contributed by atoms with E-state index in [9.17, 15) is 13.6 Å². The van der Waals surface area contributed by atoms with Crippen molar-refractivity contribution < 1.29 is 22.8 Å². The van der Waals surface area contributed by atoms with Crippen LogP contribution in [0.5, 0.6) is 0 Å². The third kappa shape index (κ3) is 2.43. The highest BCUT2D eigenvalue weighted by Gasteiger charge is 2.20. The summed E-state index contributed by atoms with van der Waals surface area (Å²) < 4.78 is 36.0. The first-order chi connectivity index (χ1) is 9.06. The maximum Gasteiger partial charge on any atom is 0.340 e. The summed E-state index contributed by atoms with van der Waals surface area (Å²) in [6, 6.07) is 1.93. The molecule has 1 aromatic carbocycles. The van der Waals surface area contributed by atoms with Crippen molar-refractivity contribution in [1.82, 2.24) is 10.1 Å². The van der Waals surface area contributed by atoms with Crippen molar-refractivity contribution >= 4 is 5.97 Å². The van der Waals surface area contributed by atoms with Crippen molar-refractivity contribution in [2.75, 3.05) is 7.11 Å². The third-order valence-corrected chi connectivity index (χ3v) is 2.33. The van der Waals surface area contributed by atoms with Gasteiger partial charge in [-0.15, -0.1) is 0 Å². The Hall–Kier alpha value is -2.35. The highest BCUT2D eigenvalue weighted by Crippen LogP contribution is 2.22. The van der Waals surface area contributed by atoms with Gasteiger partial charge in [0.15, 0.2) is 11.6 Å². The number of benzene rings is 1. The van der Waals surface area contributed by atoms with E-state index in [0.717, 1.165) is 19.2 Å². The smallest absolute Gasteiger partial charge is 0.340 e. The molecule has 100 valence electrons. The van der Waals surface area contributed by atoms with E-state index < -0.39 is 23.2 Å². The molecule has 1 heterocycles. The van der Waals surface area contributed by atoms with Crippen LogP contribution in [0.15, 0.2) is 16.7 Å². The first-order valence-corrected chi connectivity index (χ1v) is 5.17. The van der Waals surface area contributed by atoms with Gasteiger partial charge in [-0.05, 0) is 12.1 Å². The molecule has 0 aliphatic carbocycles. The number of carbonyl (C=O) groups is 1. The molecule has 0 atom stereocenters. The van der Waals surface area contributed by atoms with E-state index in [-0.39, 0.29) is 23.8 Å². The fourth-order valence-electron chi connectivity index (χ4n) is 1.43. The van der Waals surface area contributed by atoms with Gasteiger partial charge in [0.2, 0.25) is 11.7 Å². The van der Waals surface area contributed by atoms with Crippen LogP contribution >= 0.6 is 0 Å². The number of nitrogens with zero attached hydrogens (tertiary/aromatic N) is 2. The molecule has 2 N–H and O–H groups in total. The van der Waals surface area contributed by atoms with E-state index in [1.165, 1.54) is 0 Å². The van der Waals surface area contributed by atoms with Crippen molar-refractivity contribution in [3.63, 3.8) is 0 Å².